The summed E-state index contributed by atoms with van der Waals surface area (Å²) in [6.07, 6.45) is 3.52. The summed E-state index contributed by atoms with van der Waals surface area (Å²) in [4.78, 5) is 12.2. The first-order valence-electron chi connectivity index (χ1n) is 9.55. The maximum atomic E-state index is 12.2. The van der Waals surface area contributed by atoms with E-state index in [0.717, 1.165) is 12.1 Å². The lowest BCUT2D eigenvalue weighted by Gasteiger charge is -2.08. The molecule has 28 heavy (non-hydrogen) atoms. The molecule has 2 heterocycles. The van der Waals surface area contributed by atoms with Crippen molar-refractivity contribution in [3.05, 3.63) is 90.0 Å². The fourth-order valence-electron chi connectivity index (χ4n) is 3.71. The molecule has 1 aromatic heterocycles. The van der Waals surface area contributed by atoms with Crippen LogP contribution >= 0.6 is 0 Å². The van der Waals surface area contributed by atoms with Crippen molar-refractivity contribution in [1.29, 1.82) is 0 Å². The molecule has 0 radical (unpaired) electrons. The molecular weight excluding hydrogens is 346 g/mol. The first-order valence-corrected chi connectivity index (χ1v) is 9.55. The number of hydrogen-bond donors (Lipinski definition) is 0. The lowest BCUT2D eigenvalue weighted by Crippen LogP contribution is -2.17. The highest BCUT2D eigenvalue weighted by Gasteiger charge is 2.45. The molecule has 0 N–H and O–H groups in total. The second-order valence-electron chi connectivity index (χ2n) is 7.58. The standard InChI is InChI=1S/C25H21NO2/c1-25(17-28-25)24(27)14-12-18-11-13-23-21(15-18)20-9-5-6-10-22(20)26(23)16-19-7-3-2-4-8-19/h2-15H,16-17H2,1H3. The van der Waals surface area contributed by atoms with Gasteiger partial charge >= 0.3 is 0 Å². The van der Waals surface area contributed by atoms with Gasteiger partial charge in [-0.3, -0.25) is 4.79 Å². The van der Waals surface area contributed by atoms with Crippen LogP contribution in [0.3, 0.4) is 0 Å². The Morgan fingerprint density at radius 1 is 1.00 bits per heavy atom. The summed E-state index contributed by atoms with van der Waals surface area (Å²) in [5, 5.41) is 2.43. The molecule has 1 unspecified atom stereocenters. The smallest absolute Gasteiger partial charge is 0.189 e. The molecule has 0 saturated carbocycles. The third kappa shape index (κ3) is 2.94. The van der Waals surface area contributed by atoms with Crippen molar-refractivity contribution >= 4 is 33.7 Å². The summed E-state index contributed by atoms with van der Waals surface area (Å²) in [6, 6.07) is 25.4. The summed E-state index contributed by atoms with van der Waals surface area (Å²) in [7, 11) is 0. The number of para-hydroxylation sites is 1. The Morgan fingerprint density at radius 2 is 1.71 bits per heavy atom. The minimum atomic E-state index is -0.605. The van der Waals surface area contributed by atoms with Crippen LogP contribution in [0.25, 0.3) is 27.9 Å². The van der Waals surface area contributed by atoms with Gasteiger partial charge in [-0.1, -0.05) is 60.7 Å². The Bertz CT molecular complexity index is 1210. The normalized spacial score (nSPS) is 18.9. The Labute approximate surface area is 163 Å². The van der Waals surface area contributed by atoms with E-state index in [1.165, 1.54) is 27.4 Å². The van der Waals surface area contributed by atoms with Crippen LogP contribution in [-0.4, -0.2) is 22.6 Å². The van der Waals surface area contributed by atoms with Crippen molar-refractivity contribution in [2.75, 3.05) is 6.61 Å². The van der Waals surface area contributed by atoms with E-state index >= 15 is 0 Å². The zero-order valence-electron chi connectivity index (χ0n) is 15.8. The lowest BCUT2D eigenvalue weighted by atomic mass is 10.1. The van der Waals surface area contributed by atoms with E-state index in [4.69, 9.17) is 4.74 Å². The van der Waals surface area contributed by atoms with Gasteiger partial charge in [-0.05, 0) is 42.3 Å². The van der Waals surface area contributed by atoms with Crippen LogP contribution in [0.15, 0.2) is 78.9 Å². The molecule has 1 atom stereocenters. The first-order chi connectivity index (χ1) is 13.6. The highest BCUT2D eigenvalue weighted by atomic mass is 16.6. The number of ether oxygens (including phenoxy) is 1. The SMILES string of the molecule is CC1(C(=O)C=Cc2ccc3c(c2)c2ccccc2n3Cc2ccccc2)CO1. The fraction of sp³-hybridized carbons (Fsp3) is 0.160. The highest BCUT2D eigenvalue weighted by molar-refractivity contribution is 6.09. The molecule has 1 saturated heterocycles. The summed E-state index contributed by atoms with van der Waals surface area (Å²) >= 11 is 0. The van der Waals surface area contributed by atoms with Gasteiger partial charge < -0.3 is 9.30 Å². The van der Waals surface area contributed by atoms with E-state index in [-0.39, 0.29) is 5.78 Å². The Hall–Kier alpha value is -3.17. The molecule has 5 rings (SSSR count). The van der Waals surface area contributed by atoms with Gasteiger partial charge in [0.1, 0.15) is 0 Å². The maximum absolute atomic E-state index is 12.2. The van der Waals surface area contributed by atoms with Gasteiger partial charge in [-0.2, -0.15) is 0 Å². The number of carbonyl (C=O) groups is 1. The number of rotatable bonds is 5. The van der Waals surface area contributed by atoms with Crippen LogP contribution in [-0.2, 0) is 16.1 Å². The predicted octanol–water partition coefficient (Wildman–Crippen LogP) is 5.21. The molecule has 1 aliphatic heterocycles. The highest BCUT2D eigenvalue weighted by Crippen LogP contribution is 2.31. The third-order valence-electron chi connectivity index (χ3n) is 5.51. The van der Waals surface area contributed by atoms with Gasteiger partial charge in [0.15, 0.2) is 11.4 Å². The van der Waals surface area contributed by atoms with Crippen molar-refractivity contribution in [2.24, 2.45) is 0 Å². The lowest BCUT2D eigenvalue weighted by molar-refractivity contribution is -0.118. The number of aromatic nitrogens is 1. The zero-order chi connectivity index (χ0) is 19.1. The number of fused-ring (bicyclic) bond motifs is 3. The number of epoxide rings is 1. The summed E-state index contributed by atoms with van der Waals surface area (Å²) in [5.74, 6) is 0.0269. The van der Waals surface area contributed by atoms with Gasteiger partial charge in [-0.15, -0.1) is 0 Å². The quantitative estimate of drug-likeness (QED) is 0.358. The Balaban J connectivity index is 1.59. The summed E-state index contributed by atoms with van der Waals surface area (Å²) < 4.78 is 7.59. The van der Waals surface area contributed by atoms with Gasteiger partial charge in [0.2, 0.25) is 0 Å². The molecule has 3 nitrogen and oxygen atoms in total. The monoisotopic (exact) mass is 367 g/mol. The molecule has 0 bridgehead atoms. The minimum Gasteiger partial charge on any atom is -0.361 e. The van der Waals surface area contributed by atoms with Crippen molar-refractivity contribution in [3.63, 3.8) is 0 Å². The Morgan fingerprint density at radius 3 is 2.50 bits per heavy atom. The van der Waals surface area contributed by atoms with Gasteiger partial charge in [-0.25, -0.2) is 0 Å². The average Bonchev–Trinajstić information content (AvgIpc) is 3.42. The van der Waals surface area contributed by atoms with Crippen molar-refractivity contribution in [3.8, 4) is 0 Å². The van der Waals surface area contributed by atoms with Crippen molar-refractivity contribution in [2.45, 2.75) is 19.1 Å². The topological polar surface area (TPSA) is 34.5 Å². The number of ketones is 1. The van der Waals surface area contributed by atoms with Gasteiger partial charge in [0.25, 0.3) is 0 Å². The van der Waals surface area contributed by atoms with Crippen molar-refractivity contribution < 1.29 is 9.53 Å². The van der Waals surface area contributed by atoms with Crippen LogP contribution in [0.2, 0.25) is 0 Å². The average molecular weight is 367 g/mol. The van der Waals surface area contributed by atoms with E-state index in [1.54, 1.807) is 6.08 Å². The van der Waals surface area contributed by atoms with Crippen LogP contribution in [0, 0.1) is 0 Å². The number of carbonyl (C=O) groups excluding carboxylic acids is 1. The first kappa shape index (κ1) is 17.0. The van der Waals surface area contributed by atoms with Gasteiger partial charge in [0.05, 0.1) is 6.61 Å². The Kier molecular flexibility index (Phi) is 3.92. The summed E-state index contributed by atoms with van der Waals surface area (Å²) in [5.41, 5.74) is 4.11. The van der Waals surface area contributed by atoms with E-state index in [2.05, 4.69) is 71.3 Å². The number of nitrogens with zero attached hydrogens (tertiary/aromatic N) is 1. The van der Waals surface area contributed by atoms with Gasteiger partial charge in [0, 0.05) is 28.4 Å². The van der Waals surface area contributed by atoms with E-state index in [1.807, 2.05) is 19.1 Å². The minimum absolute atomic E-state index is 0.0269. The van der Waals surface area contributed by atoms with E-state index < -0.39 is 5.60 Å². The van der Waals surface area contributed by atoms with Crippen molar-refractivity contribution in [1.82, 2.24) is 4.57 Å². The molecule has 0 amide bonds. The molecule has 4 aromatic rings. The van der Waals surface area contributed by atoms with Crippen LogP contribution in [0.4, 0.5) is 0 Å². The molecule has 3 aromatic carbocycles. The molecule has 1 fully saturated rings. The second kappa shape index (κ2) is 6.47. The maximum Gasteiger partial charge on any atom is 0.189 e. The van der Waals surface area contributed by atoms with E-state index in [0.29, 0.717) is 6.61 Å². The van der Waals surface area contributed by atoms with Crippen LogP contribution in [0.5, 0.6) is 0 Å². The molecule has 138 valence electrons. The fourth-order valence-corrected chi connectivity index (χ4v) is 3.71. The zero-order valence-corrected chi connectivity index (χ0v) is 15.8. The largest absolute Gasteiger partial charge is 0.361 e. The molecule has 0 spiro atoms. The summed E-state index contributed by atoms with van der Waals surface area (Å²) in [6.45, 7) is 3.18. The second-order valence-corrected chi connectivity index (χ2v) is 7.58. The third-order valence-corrected chi connectivity index (χ3v) is 5.51. The molecule has 3 heteroatoms. The van der Waals surface area contributed by atoms with Crippen LogP contribution < -0.4 is 0 Å². The predicted molar refractivity (Wildman–Crippen MR) is 113 cm³/mol. The number of benzene rings is 3. The van der Waals surface area contributed by atoms with Crippen LogP contribution in [0.1, 0.15) is 18.1 Å². The molecule has 1 aliphatic rings. The number of hydrogen-bond acceptors (Lipinski definition) is 2. The molecule has 0 aliphatic carbocycles. The van der Waals surface area contributed by atoms with E-state index in [9.17, 15) is 4.79 Å². The molecular formula is C25H21NO2.